The number of rotatable bonds is 2. The number of benzene rings is 1. The first-order valence-electron chi connectivity index (χ1n) is 7.25. The van der Waals surface area contributed by atoms with Crippen LogP contribution in [0.15, 0.2) is 54.9 Å². The molecule has 3 aromatic rings. The first-order valence-corrected chi connectivity index (χ1v) is 7.25. The number of pyridine rings is 1. The molecule has 0 aliphatic heterocycles. The van der Waals surface area contributed by atoms with Gasteiger partial charge in [-0.05, 0) is 0 Å². The predicted octanol–water partition coefficient (Wildman–Crippen LogP) is 4.68. The fourth-order valence-electron chi connectivity index (χ4n) is 3.19. The van der Waals surface area contributed by atoms with Gasteiger partial charge in [0.05, 0.1) is 0 Å². The van der Waals surface area contributed by atoms with Gasteiger partial charge in [0.15, 0.2) is 0 Å². The van der Waals surface area contributed by atoms with Gasteiger partial charge in [-0.2, -0.15) is 0 Å². The van der Waals surface area contributed by atoms with E-state index in [4.69, 9.17) is 0 Å². The van der Waals surface area contributed by atoms with Crippen molar-refractivity contribution in [3.05, 3.63) is 71.3 Å². The molecule has 0 saturated carbocycles. The molecule has 0 unspecified atom stereocenters. The van der Waals surface area contributed by atoms with E-state index >= 15 is 0 Å². The Hall–Kier alpha value is -2.22. The summed E-state index contributed by atoms with van der Waals surface area (Å²) in [6.07, 6.45) is 3.76. The van der Waals surface area contributed by atoms with Gasteiger partial charge < -0.3 is 0 Å². The van der Waals surface area contributed by atoms with E-state index in [-0.39, 0.29) is 0 Å². The van der Waals surface area contributed by atoms with Gasteiger partial charge in [0.2, 0.25) is 0 Å². The third kappa shape index (κ3) is 2.54. The van der Waals surface area contributed by atoms with Gasteiger partial charge in [-0.3, -0.25) is 0 Å². The van der Waals surface area contributed by atoms with Gasteiger partial charge in [-0.15, -0.1) is 0 Å². The topological polar surface area (TPSA) is 12.9 Å². The van der Waals surface area contributed by atoms with Gasteiger partial charge >= 0.3 is 126 Å². The van der Waals surface area contributed by atoms with Crippen LogP contribution in [0.2, 0.25) is 0 Å². The molecule has 21 heavy (non-hydrogen) atoms. The van der Waals surface area contributed by atoms with Crippen LogP contribution in [-0.4, -0.2) is 11.9 Å². The summed E-state index contributed by atoms with van der Waals surface area (Å²) in [6, 6.07) is 14.7. The molecule has 0 spiro atoms. The summed E-state index contributed by atoms with van der Waals surface area (Å²) in [5.41, 5.74) is 9.04. The van der Waals surface area contributed by atoms with Crippen LogP contribution in [0, 0.1) is 20.8 Å². The second kappa shape index (κ2) is 5.65. The van der Waals surface area contributed by atoms with Crippen molar-refractivity contribution in [1.82, 2.24) is 4.98 Å². The Kier molecular flexibility index (Phi) is 3.70. The summed E-state index contributed by atoms with van der Waals surface area (Å²) in [5.74, 6) is 0. The van der Waals surface area contributed by atoms with Crippen LogP contribution in [0.5, 0.6) is 0 Å². The van der Waals surface area contributed by atoms with E-state index in [2.05, 4.69) is 69.1 Å². The average molecular weight is 271 g/mol. The van der Waals surface area contributed by atoms with Crippen molar-refractivity contribution in [2.24, 2.45) is 0 Å². The van der Waals surface area contributed by atoms with E-state index in [1.54, 1.807) is 0 Å². The molecule has 0 fully saturated rings. The van der Waals surface area contributed by atoms with Crippen LogP contribution < -0.4 is 0 Å². The molecule has 3 rings (SSSR count). The van der Waals surface area contributed by atoms with Crippen LogP contribution in [0.1, 0.15) is 16.5 Å². The maximum atomic E-state index is 4.27. The van der Waals surface area contributed by atoms with Gasteiger partial charge in [0.1, 0.15) is 0 Å². The molecule has 1 aromatic carbocycles. The van der Waals surface area contributed by atoms with E-state index in [0.29, 0.717) is 0 Å². The van der Waals surface area contributed by atoms with Crippen LogP contribution in [0.4, 0.5) is 0 Å². The molecule has 102 valence electrons. The van der Waals surface area contributed by atoms with Crippen LogP contribution in [0.3, 0.4) is 0 Å². The summed E-state index contributed by atoms with van der Waals surface area (Å²) in [7, 11) is 0. The van der Waals surface area contributed by atoms with Crippen LogP contribution in [-0.2, 0) is 0 Å². The average Bonchev–Trinajstić information content (AvgIpc) is 2.49. The molecule has 0 atom stereocenters. The van der Waals surface area contributed by atoms with Crippen molar-refractivity contribution >= 4 is 6.91 Å². The Balaban J connectivity index is 2.29. The minimum atomic E-state index is 1.18. The van der Waals surface area contributed by atoms with Crippen LogP contribution >= 0.6 is 0 Å². The van der Waals surface area contributed by atoms with E-state index in [0.717, 1.165) is 0 Å². The number of aryl methyl sites for hydroxylation is 2. The fraction of sp³-hybridized carbons (Fsp3) is 0.158. The molecule has 2 heteroatoms. The second-order valence-electron chi connectivity index (χ2n) is 5.49. The number of hydrogen-bond acceptors (Lipinski definition) is 1. The van der Waals surface area contributed by atoms with Gasteiger partial charge in [-0.25, -0.2) is 0 Å². The Morgan fingerprint density at radius 3 is 2.00 bits per heavy atom. The van der Waals surface area contributed by atoms with E-state index in [1.807, 2.05) is 18.5 Å². The Bertz CT molecular complexity index is 701. The molecule has 0 aliphatic rings. The van der Waals surface area contributed by atoms with Crippen molar-refractivity contribution in [1.29, 1.82) is 0 Å². The van der Waals surface area contributed by atoms with E-state index < -0.39 is 0 Å². The Morgan fingerprint density at radius 2 is 1.38 bits per heavy atom. The summed E-state index contributed by atoms with van der Waals surface area (Å²) in [4.78, 5) is 4.27. The summed E-state index contributed by atoms with van der Waals surface area (Å²) < 4.78 is 0. The van der Waals surface area contributed by atoms with Crippen molar-refractivity contribution < 1.29 is 0 Å². The first kappa shape index (κ1) is 13.8. The maximum absolute atomic E-state index is 4.27. The number of aromatic nitrogens is 1. The number of hydrogen-bond donors (Lipinski definition) is 0. The normalized spacial score (nSPS) is 10.4. The molecule has 0 bridgehead atoms. The van der Waals surface area contributed by atoms with Gasteiger partial charge in [0.25, 0.3) is 0 Å². The van der Waals surface area contributed by atoms with Gasteiger partial charge in [-0.1, -0.05) is 0 Å². The Morgan fingerprint density at radius 1 is 0.762 bits per heavy atom. The third-order valence-electron chi connectivity index (χ3n) is 3.98. The molecular weight excluding hydrogens is 253 g/mol. The monoisotopic (exact) mass is 271 g/mol. The number of nitrogens with zero attached hydrogens (tertiary/aromatic N) is 1. The predicted molar refractivity (Wildman–Crippen MR) is 90.7 cm³/mol. The summed E-state index contributed by atoms with van der Waals surface area (Å²) in [6.45, 7) is 8.86. The zero-order chi connectivity index (χ0) is 14.8. The molecular formula is C19H18BN. The van der Waals surface area contributed by atoms with Crippen molar-refractivity contribution in [3.63, 3.8) is 0 Å². The summed E-state index contributed by atoms with van der Waals surface area (Å²) in [5, 5.41) is 0. The minimum absolute atomic E-state index is 1.18. The van der Waals surface area contributed by atoms with Crippen LogP contribution in [0.25, 0.3) is 22.3 Å². The second-order valence-corrected chi connectivity index (χ2v) is 5.49. The third-order valence-corrected chi connectivity index (χ3v) is 3.98. The standard InChI is InChI=1S/C19H18BN/c1-13-18(16-8-5-4-6-9-16)14(2)20-15(3)19(13)17-10-7-11-21-12-17/h4-12H,1-3H3. The van der Waals surface area contributed by atoms with Crippen molar-refractivity contribution in [3.8, 4) is 22.3 Å². The molecule has 0 amide bonds. The zero-order valence-electron chi connectivity index (χ0n) is 12.7. The summed E-state index contributed by atoms with van der Waals surface area (Å²) >= 11 is 0. The molecule has 2 heterocycles. The SMILES string of the molecule is Cc1bc(C)c(-c2cccnc2)c(C)c1-c1ccccc1. The molecule has 2 aromatic heterocycles. The zero-order valence-corrected chi connectivity index (χ0v) is 12.7. The first-order chi connectivity index (χ1) is 10.2. The van der Waals surface area contributed by atoms with Gasteiger partial charge in [0, 0.05) is 0 Å². The molecule has 0 N–H and O–H groups in total. The quantitative estimate of drug-likeness (QED) is 0.659. The molecule has 0 aliphatic carbocycles. The molecule has 1 nitrogen and oxygen atoms in total. The van der Waals surface area contributed by atoms with Crippen molar-refractivity contribution in [2.45, 2.75) is 20.8 Å². The van der Waals surface area contributed by atoms with Crippen molar-refractivity contribution in [2.75, 3.05) is 0 Å². The Labute approximate surface area is 126 Å². The fourth-order valence-corrected chi connectivity index (χ4v) is 3.19. The van der Waals surface area contributed by atoms with E-state index in [1.165, 1.54) is 38.7 Å². The molecule has 0 saturated heterocycles. The van der Waals surface area contributed by atoms with E-state index in [9.17, 15) is 0 Å². The molecule has 0 radical (unpaired) electrons.